The van der Waals surface area contributed by atoms with Gasteiger partial charge in [-0.25, -0.2) is 0 Å². The first-order valence-corrected chi connectivity index (χ1v) is 6.74. The smallest absolute Gasteiger partial charge is 0.125 e. The quantitative estimate of drug-likeness (QED) is 0.694. The minimum atomic E-state index is -0.0397. The van der Waals surface area contributed by atoms with E-state index < -0.39 is 0 Å². The fraction of sp³-hybridized carbons (Fsp3) is 0.200. The number of benzene rings is 2. The molecule has 18 heavy (non-hydrogen) atoms. The number of rotatable bonds is 5. The molecule has 2 rings (SSSR count). The van der Waals surface area contributed by atoms with Gasteiger partial charge in [-0.1, -0.05) is 41.9 Å². The van der Waals surface area contributed by atoms with Crippen molar-refractivity contribution in [3.05, 3.63) is 65.2 Å². The van der Waals surface area contributed by atoms with Crippen LogP contribution in [0, 0.1) is 0 Å². The predicted molar refractivity (Wildman–Crippen MR) is 76.6 cm³/mol. The van der Waals surface area contributed by atoms with Crippen LogP contribution in [-0.4, -0.2) is 5.88 Å². The van der Waals surface area contributed by atoms with E-state index in [1.807, 2.05) is 54.6 Å². The van der Waals surface area contributed by atoms with Crippen LogP contribution in [0.25, 0.3) is 0 Å². The molecule has 0 heterocycles. The summed E-state index contributed by atoms with van der Waals surface area (Å²) < 4.78 is 5.95. The van der Waals surface area contributed by atoms with Crippen molar-refractivity contribution in [1.82, 2.24) is 0 Å². The molecule has 0 spiro atoms. The second-order valence-electron chi connectivity index (χ2n) is 3.95. The zero-order valence-corrected chi connectivity index (χ0v) is 11.4. The molecule has 3 heteroatoms. The van der Waals surface area contributed by atoms with E-state index >= 15 is 0 Å². The highest BCUT2D eigenvalue weighted by molar-refractivity contribution is 6.30. The van der Waals surface area contributed by atoms with Gasteiger partial charge in [0, 0.05) is 17.3 Å². The molecule has 2 aromatic rings. The van der Waals surface area contributed by atoms with Gasteiger partial charge in [0.15, 0.2) is 0 Å². The zero-order chi connectivity index (χ0) is 12.8. The average Bonchev–Trinajstić information content (AvgIpc) is 2.40. The Morgan fingerprint density at radius 2 is 1.61 bits per heavy atom. The van der Waals surface area contributed by atoms with Gasteiger partial charge in [0.25, 0.3) is 0 Å². The molecule has 0 unspecified atom stereocenters. The second kappa shape index (κ2) is 6.67. The average molecular weight is 281 g/mol. The van der Waals surface area contributed by atoms with E-state index in [0.29, 0.717) is 5.88 Å². The van der Waals surface area contributed by atoms with Crippen LogP contribution < -0.4 is 4.74 Å². The summed E-state index contributed by atoms with van der Waals surface area (Å²) >= 11 is 11.7. The van der Waals surface area contributed by atoms with Crippen LogP contribution in [0.15, 0.2) is 54.6 Å². The molecular weight excluding hydrogens is 267 g/mol. The van der Waals surface area contributed by atoms with Crippen molar-refractivity contribution in [2.24, 2.45) is 0 Å². The normalized spacial score (nSPS) is 12.1. The van der Waals surface area contributed by atoms with Crippen molar-refractivity contribution in [1.29, 1.82) is 0 Å². The predicted octanol–water partition coefficient (Wildman–Crippen LogP) is 5.09. The van der Waals surface area contributed by atoms with E-state index in [1.54, 1.807) is 0 Å². The minimum Gasteiger partial charge on any atom is -0.486 e. The molecule has 0 aliphatic heterocycles. The fourth-order valence-corrected chi connectivity index (χ4v) is 2.06. The molecule has 1 nitrogen and oxygen atoms in total. The Hall–Kier alpha value is -1.18. The molecule has 0 radical (unpaired) electrons. The second-order valence-corrected chi connectivity index (χ2v) is 4.76. The minimum absolute atomic E-state index is 0.0397. The third-order valence-electron chi connectivity index (χ3n) is 2.63. The van der Waals surface area contributed by atoms with E-state index in [4.69, 9.17) is 27.9 Å². The molecular formula is C15H14Cl2O. The van der Waals surface area contributed by atoms with Gasteiger partial charge in [0.2, 0.25) is 0 Å². The maximum absolute atomic E-state index is 5.95. The standard InChI is InChI=1S/C15H14Cl2O/c16-11-10-15(12-6-8-13(17)9-7-12)18-14-4-2-1-3-5-14/h1-9,15H,10-11H2/t15-/m1/s1. The molecule has 0 aromatic heterocycles. The van der Waals surface area contributed by atoms with Gasteiger partial charge in [0.1, 0.15) is 11.9 Å². The summed E-state index contributed by atoms with van der Waals surface area (Å²) in [7, 11) is 0. The molecule has 0 bridgehead atoms. The first-order chi connectivity index (χ1) is 8.79. The Morgan fingerprint density at radius 3 is 2.22 bits per heavy atom. The lowest BCUT2D eigenvalue weighted by Gasteiger charge is -2.18. The van der Waals surface area contributed by atoms with Crippen LogP contribution in [-0.2, 0) is 0 Å². The molecule has 0 aliphatic carbocycles. The van der Waals surface area contributed by atoms with Crippen LogP contribution in [0.2, 0.25) is 5.02 Å². The fourth-order valence-electron chi connectivity index (χ4n) is 1.73. The van der Waals surface area contributed by atoms with Crippen molar-refractivity contribution < 1.29 is 4.74 Å². The Bertz CT molecular complexity index is 468. The largest absolute Gasteiger partial charge is 0.486 e. The van der Waals surface area contributed by atoms with Crippen LogP contribution in [0.1, 0.15) is 18.1 Å². The molecule has 0 N–H and O–H groups in total. The zero-order valence-electron chi connectivity index (χ0n) is 9.85. The molecule has 94 valence electrons. The molecule has 0 fully saturated rings. The molecule has 1 atom stereocenters. The molecule has 0 amide bonds. The Balaban J connectivity index is 2.15. The van der Waals surface area contributed by atoms with Gasteiger partial charge < -0.3 is 4.74 Å². The highest BCUT2D eigenvalue weighted by atomic mass is 35.5. The van der Waals surface area contributed by atoms with Crippen molar-refractivity contribution in [3.63, 3.8) is 0 Å². The summed E-state index contributed by atoms with van der Waals surface area (Å²) in [6, 6.07) is 17.4. The first kappa shape index (κ1) is 13.3. The lowest BCUT2D eigenvalue weighted by atomic mass is 10.1. The summed E-state index contributed by atoms with van der Waals surface area (Å²) in [4.78, 5) is 0. The van der Waals surface area contributed by atoms with Crippen molar-refractivity contribution >= 4 is 23.2 Å². The summed E-state index contributed by atoms with van der Waals surface area (Å²) in [5.74, 6) is 1.41. The van der Waals surface area contributed by atoms with Crippen LogP contribution in [0.5, 0.6) is 5.75 Å². The van der Waals surface area contributed by atoms with Gasteiger partial charge in [-0.05, 0) is 29.8 Å². The van der Waals surface area contributed by atoms with Crippen molar-refractivity contribution in [2.75, 3.05) is 5.88 Å². The van der Waals surface area contributed by atoms with Gasteiger partial charge in [-0.3, -0.25) is 0 Å². The highest BCUT2D eigenvalue weighted by Gasteiger charge is 2.12. The Labute approximate surface area is 117 Å². The van der Waals surface area contributed by atoms with E-state index in [2.05, 4.69) is 0 Å². The number of alkyl halides is 1. The van der Waals surface area contributed by atoms with Crippen molar-refractivity contribution in [3.8, 4) is 5.75 Å². The van der Waals surface area contributed by atoms with E-state index in [-0.39, 0.29) is 6.10 Å². The Morgan fingerprint density at radius 1 is 0.944 bits per heavy atom. The Kier molecular flexibility index (Phi) is 4.91. The summed E-state index contributed by atoms with van der Waals surface area (Å²) in [5, 5.41) is 0.725. The van der Waals surface area contributed by atoms with Crippen LogP contribution in [0.4, 0.5) is 0 Å². The molecule has 0 saturated carbocycles. The maximum Gasteiger partial charge on any atom is 0.125 e. The maximum atomic E-state index is 5.95. The van der Waals surface area contributed by atoms with E-state index in [0.717, 1.165) is 22.8 Å². The molecule has 0 saturated heterocycles. The third-order valence-corrected chi connectivity index (χ3v) is 3.10. The van der Waals surface area contributed by atoms with Gasteiger partial charge in [-0.15, -0.1) is 11.6 Å². The molecule has 0 aliphatic rings. The van der Waals surface area contributed by atoms with Crippen LogP contribution >= 0.6 is 23.2 Å². The first-order valence-electron chi connectivity index (χ1n) is 5.83. The van der Waals surface area contributed by atoms with E-state index in [1.165, 1.54) is 0 Å². The van der Waals surface area contributed by atoms with Gasteiger partial charge in [0.05, 0.1) is 0 Å². The third kappa shape index (κ3) is 3.66. The number of hydrogen-bond acceptors (Lipinski definition) is 1. The summed E-state index contributed by atoms with van der Waals surface area (Å²) in [6.45, 7) is 0. The number of hydrogen-bond donors (Lipinski definition) is 0. The lowest BCUT2D eigenvalue weighted by molar-refractivity contribution is 0.202. The lowest BCUT2D eigenvalue weighted by Crippen LogP contribution is -2.08. The highest BCUT2D eigenvalue weighted by Crippen LogP contribution is 2.26. The van der Waals surface area contributed by atoms with E-state index in [9.17, 15) is 0 Å². The number of halogens is 2. The van der Waals surface area contributed by atoms with Gasteiger partial charge in [-0.2, -0.15) is 0 Å². The summed E-state index contributed by atoms with van der Waals surface area (Å²) in [6.07, 6.45) is 0.722. The summed E-state index contributed by atoms with van der Waals surface area (Å²) in [5.41, 5.74) is 1.09. The van der Waals surface area contributed by atoms with Crippen molar-refractivity contribution in [2.45, 2.75) is 12.5 Å². The number of para-hydroxylation sites is 1. The van der Waals surface area contributed by atoms with Gasteiger partial charge >= 0.3 is 0 Å². The molecule has 2 aromatic carbocycles. The van der Waals surface area contributed by atoms with Crippen LogP contribution in [0.3, 0.4) is 0 Å². The monoisotopic (exact) mass is 280 g/mol. The SMILES string of the molecule is ClCC[C@@H](Oc1ccccc1)c1ccc(Cl)cc1. The topological polar surface area (TPSA) is 9.23 Å². The number of ether oxygens (including phenoxy) is 1.